The molecular weight excluding hydrogens is 444 g/mol. The zero-order valence-corrected chi connectivity index (χ0v) is 10.4. The van der Waals surface area contributed by atoms with E-state index in [1.807, 2.05) is 0 Å². The van der Waals surface area contributed by atoms with Gasteiger partial charge in [-0.15, -0.1) is 0 Å². The van der Waals surface area contributed by atoms with Crippen LogP contribution < -0.4 is 0 Å². The predicted octanol–water partition coefficient (Wildman–Crippen LogP) is -0.388. The minimum Gasteiger partial charge on any atom is 0 e. The van der Waals surface area contributed by atoms with Crippen molar-refractivity contribution in [2.45, 2.75) is 0 Å². The topological polar surface area (TPSA) is 0 Å². The molecular formula is AlCrTaW. The molecule has 0 fully saturated rings. The van der Waals surface area contributed by atoms with Crippen LogP contribution in [0.3, 0.4) is 0 Å². The van der Waals surface area contributed by atoms with E-state index in [0.717, 1.165) is 0 Å². The van der Waals surface area contributed by atoms with Crippen molar-refractivity contribution < 1.29 is 60.8 Å². The Balaban J connectivity index is 0. The number of hydrogen-bond acceptors (Lipinski definition) is 0. The molecule has 4 heteroatoms. The Morgan fingerprint density at radius 1 is 1.00 bits per heavy atom. The summed E-state index contributed by atoms with van der Waals surface area (Å²) in [6.45, 7) is 0. The summed E-state index contributed by atoms with van der Waals surface area (Å²) in [6, 6.07) is 0. The van der Waals surface area contributed by atoms with E-state index >= 15 is 0 Å². The third-order valence-corrected chi connectivity index (χ3v) is 0. The van der Waals surface area contributed by atoms with E-state index in [9.17, 15) is 0 Å². The minimum atomic E-state index is 0. The maximum atomic E-state index is 0. The molecule has 0 unspecified atom stereocenters. The molecule has 20 valence electrons. The Morgan fingerprint density at radius 2 is 1.00 bits per heavy atom. The van der Waals surface area contributed by atoms with Crippen LogP contribution in [0.15, 0.2) is 0 Å². The molecule has 4 radical (unpaired) electrons. The monoisotopic (exact) mass is 444 g/mol. The van der Waals surface area contributed by atoms with Crippen molar-refractivity contribution in [3.05, 3.63) is 0 Å². The van der Waals surface area contributed by atoms with Gasteiger partial charge in [-0.3, -0.25) is 0 Å². The van der Waals surface area contributed by atoms with Crippen molar-refractivity contribution in [2.24, 2.45) is 0 Å². The Morgan fingerprint density at radius 3 is 1.00 bits per heavy atom. The van der Waals surface area contributed by atoms with Gasteiger partial charge >= 0.3 is 0 Å². The van der Waals surface area contributed by atoms with Gasteiger partial charge in [-0.05, 0) is 0 Å². The average molecular weight is 444 g/mol. The second kappa shape index (κ2) is 17.8. The van der Waals surface area contributed by atoms with Gasteiger partial charge in [0.05, 0.1) is 0 Å². The number of rotatable bonds is 0. The third kappa shape index (κ3) is 8.82. The SMILES string of the molecule is [Al].[Cr].[Ta].[W]. The van der Waals surface area contributed by atoms with Crippen LogP contribution in [-0.2, 0) is 60.8 Å². The van der Waals surface area contributed by atoms with Gasteiger partial charge in [0.15, 0.2) is 0 Å². The van der Waals surface area contributed by atoms with E-state index in [1.165, 1.54) is 0 Å². The maximum absolute atomic E-state index is 0. The minimum absolute atomic E-state index is 0. The van der Waals surface area contributed by atoms with Crippen molar-refractivity contribution in [1.29, 1.82) is 0 Å². The fraction of sp³-hybridized carbons (Fsp3) is 0. The molecule has 0 spiro atoms. The Hall–Kier alpha value is 2.49. The van der Waals surface area contributed by atoms with Gasteiger partial charge in [0.2, 0.25) is 0 Å². The Labute approximate surface area is 77.1 Å². The van der Waals surface area contributed by atoms with E-state index in [-0.39, 0.29) is 78.2 Å². The van der Waals surface area contributed by atoms with Crippen LogP contribution in [0.2, 0.25) is 0 Å². The van der Waals surface area contributed by atoms with Gasteiger partial charge in [-0.2, -0.15) is 0 Å². The molecule has 0 heterocycles. The third-order valence-electron chi connectivity index (χ3n) is 0. The Bertz CT molecular complexity index is 8.00. The van der Waals surface area contributed by atoms with Crippen molar-refractivity contribution in [3.63, 3.8) is 0 Å². The predicted molar refractivity (Wildman–Crippen MR) is 5.75 cm³/mol. The van der Waals surface area contributed by atoms with Crippen LogP contribution in [0.5, 0.6) is 0 Å². The zero-order chi connectivity index (χ0) is 0. The van der Waals surface area contributed by atoms with Crippen molar-refractivity contribution in [3.8, 4) is 0 Å². The molecule has 0 aliphatic carbocycles. The van der Waals surface area contributed by atoms with Gasteiger partial charge < -0.3 is 0 Å². The first-order valence-electron chi connectivity index (χ1n) is 0. The first kappa shape index (κ1) is 31.5. The Kier molecular flexibility index (Phi) is 141. The van der Waals surface area contributed by atoms with Crippen LogP contribution in [0.4, 0.5) is 0 Å². The molecule has 0 atom stereocenters. The van der Waals surface area contributed by atoms with E-state index < -0.39 is 0 Å². The maximum Gasteiger partial charge on any atom is 0 e. The molecule has 0 saturated heterocycles. The van der Waals surface area contributed by atoms with Crippen LogP contribution in [0, 0.1) is 0 Å². The summed E-state index contributed by atoms with van der Waals surface area (Å²) in [5, 5.41) is 0. The first-order valence-corrected chi connectivity index (χ1v) is 0. The van der Waals surface area contributed by atoms with Gasteiger partial charge in [0.25, 0.3) is 0 Å². The number of hydrogen-bond donors (Lipinski definition) is 0. The molecule has 0 aromatic carbocycles. The molecule has 0 aliphatic heterocycles. The molecule has 4 heavy (non-hydrogen) atoms. The molecule has 0 aromatic heterocycles. The summed E-state index contributed by atoms with van der Waals surface area (Å²) in [6.07, 6.45) is 0. The summed E-state index contributed by atoms with van der Waals surface area (Å²) in [4.78, 5) is 0. The molecule has 0 rings (SSSR count). The van der Waals surface area contributed by atoms with Crippen molar-refractivity contribution in [1.82, 2.24) is 0 Å². The van der Waals surface area contributed by atoms with Gasteiger partial charge in [0, 0.05) is 78.2 Å². The summed E-state index contributed by atoms with van der Waals surface area (Å²) in [5.41, 5.74) is 0. The largest absolute Gasteiger partial charge is 0 e. The van der Waals surface area contributed by atoms with Gasteiger partial charge in [-0.25, -0.2) is 0 Å². The van der Waals surface area contributed by atoms with Crippen molar-refractivity contribution in [2.75, 3.05) is 0 Å². The molecule has 0 N–H and O–H groups in total. The zero-order valence-electron chi connectivity index (χ0n) is 1.84. The normalized spacial score (nSPS) is 0. The molecule has 0 bridgehead atoms. The van der Waals surface area contributed by atoms with Crippen molar-refractivity contribution >= 4 is 17.4 Å². The van der Waals surface area contributed by atoms with Gasteiger partial charge in [0.1, 0.15) is 0 Å². The molecule has 0 amide bonds. The van der Waals surface area contributed by atoms with Crippen LogP contribution in [0.25, 0.3) is 0 Å². The van der Waals surface area contributed by atoms with E-state index in [0.29, 0.717) is 0 Å². The van der Waals surface area contributed by atoms with Crippen LogP contribution in [0.1, 0.15) is 0 Å². The molecule has 0 aliphatic rings. The smallest absolute Gasteiger partial charge is 0 e. The van der Waals surface area contributed by atoms with E-state index in [4.69, 9.17) is 0 Å². The first-order chi connectivity index (χ1) is 0. The fourth-order valence-corrected chi connectivity index (χ4v) is 0. The quantitative estimate of drug-likeness (QED) is 0.448. The van der Waals surface area contributed by atoms with E-state index in [2.05, 4.69) is 0 Å². The summed E-state index contributed by atoms with van der Waals surface area (Å²) in [5.74, 6) is 0. The summed E-state index contributed by atoms with van der Waals surface area (Å²) >= 11 is 0. The molecule has 0 nitrogen and oxygen atoms in total. The fourth-order valence-electron chi connectivity index (χ4n) is 0. The standard InChI is InChI=1S/Al.Cr.Ta.W. The summed E-state index contributed by atoms with van der Waals surface area (Å²) in [7, 11) is 0. The van der Waals surface area contributed by atoms with Crippen LogP contribution >= 0.6 is 0 Å². The van der Waals surface area contributed by atoms with Gasteiger partial charge in [-0.1, -0.05) is 0 Å². The molecule has 0 aromatic rings. The average Bonchev–Trinajstić information content (AvgIpc) is 0. The second-order valence-electron chi connectivity index (χ2n) is 0. The van der Waals surface area contributed by atoms with Crippen LogP contribution in [-0.4, -0.2) is 17.4 Å². The van der Waals surface area contributed by atoms with E-state index in [1.54, 1.807) is 0 Å². The summed E-state index contributed by atoms with van der Waals surface area (Å²) < 4.78 is 0. The molecule has 0 saturated carbocycles. The second-order valence-corrected chi connectivity index (χ2v) is 0.